The highest BCUT2D eigenvalue weighted by molar-refractivity contribution is 7.92. The summed E-state index contributed by atoms with van der Waals surface area (Å²) >= 11 is 7.52. The molecule has 0 amide bonds. The van der Waals surface area contributed by atoms with Gasteiger partial charge in [-0.1, -0.05) is 29.8 Å². The van der Waals surface area contributed by atoms with Crippen molar-refractivity contribution in [2.45, 2.75) is 25.7 Å². The highest BCUT2D eigenvalue weighted by Gasteiger charge is 2.19. The van der Waals surface area contributed by atoms with E-state index in [0.29, 0.717) is 16.3 Å². The van der Waals surface area contributed by atoms with Crippen LogP contribution in [-0.4, -0.2) is 13.4 Å². The second-order valence-electron chi connectivity index (χ2n) is 5.80. The third-order valence-corrected chi connectivity index (χ3v) is 6.35. The van der Waals surface area contributed by atoms with Crippen LogP contribution in [0.3, 0.4) is 0 Å². The van der Waals surface area contributed by atoms with Crippen LogP contribution in [0, 0.1) is 20.8 Å². The van der Waals surface area contributed by atoms with E-state index >= 15 is 0 Å². The van der Waals surface area contributed by atoms with Gasteiger partial charge in [0.25, 0.3) is 10.0 Å². The van der Waals surface area contributed by atoms with Gasteiger partial charge in [-0.2, -0.15) is 0 Å². The van der Waals surface area contributed by atoms with Crippen molar-refractivity contribution in [1.29, 1.82) is 0 Å². The van der Waals surface area contributed by atoms with Gasteiger partial charge in [0.15, 0.2) is 0 Å². The molecule has 1 heterocycles. The SMILES string of the molecule is Cc1nc(-c2ccc(C)c(S(=O)(=O)Nc3cc(Cl)ccc3C)c2)cs1. The molecule has 0 aliphatic rings. The van der Waals surface area contributed by atoms with Crippen molar-refractivity contribution in [1.82, 2.24) is 4.98 Å². The number of sulfonamides is 1. The molecular weight excluding hydrogens is 376 g/mol. The van der Waals surface area contributed by atoms with Crippen LogP contribution in [0.25, 0.3) is 11.3 Å². The smallest absolute Gasteiger partial charge is 0.262 e. The third kappa shape index (κ3) is 3.86. The van der Waals surface area contributed by atoms with Crippen molar-refractivity contribution in [2.24, 2.45) is 0 Å². The van der Waals surface area contributed by atoms with Crippen LogP contribution >= 0.6 is 22.9 Å². The van der Waals surface area contributed by atoms with Gasteiger partial charge in [0.05, 0.1) is 21.3 Å². The first kappa shape index (κ1) is 17.9. The molecule has 0 saturated carbocycles. The van der Waals surface area contributed by atoms with Gasteiger partial charge >= 0.3 is 0 Å². The number of hydrogen-bond donors (Lipinski definition) is 1. The van der Waals surface area contributed by atoms with Gasteiger partial charge in [0.1, 0.15) is 0 Å². The highest BCUT2D eigenvalue weighted by atomic mass is 35.5. The Balaban J connectivity index is 2.03. The Morgan fingerprint density at radius 2 is 1.76 bits per heavy atom. The summed E-state index contributed by atoms with van der Waals surface area (Å²) in [5.74, 6) is 0. The van der Waals surface area contributed by atoms with Gasteiger partial charge in [-0.05, 0) is 50.1 Å². The first-order valence-corrected chi connectivity index (χ1v) is 10.3. The molecule has 0 radical (unpaired) electrons. The molecule has 7 heteroatoms. The first-order valence-electron chi connectivity index (χ1n) is 7.58. The lowest BCUT2D eigenvalue weighted by molar-refractivity contribution is 0.600. The molecule has 1 aromatic heterocycles. The summed E-state index contributed by atoms with van der Waals surface area (Å²) in [4.78, 5) is 4.66. The number of nitrogens with one attached hydrogen (secondary N) is 1. The second kappa shape index (κ2) is 6.78. The number of nitrogens with zero attached hydrogens (tertiary/aromatic N) is 1. The predicted molar refractivity (Wildman–Crippen MR) is 104 cm³/mol. The second-order valence-corrected chi connectivity index (χ2v) is 8.95. The minimum atomic E-state index is -3.74. The van der Waals surface area contributed by atoms with Gasteiger partial charge in [0.2, 0.25) is 0 Å². The average Bonchev–Trinajstić information content (AvgIpc) is 2.97. The van der Waals surface area contributed by atoms with Gasteiger partial charge in [-0.15, -0.1) is 11.3 Å². The number of halogens is 1. The van der Waals surface area contributed by atoms with E-state index in [2.05, 4.69) is 9.71 Å². The van der Waals surface area contributed by atoms with E-state index in [9.17, 15) is 8.42 Å². The number of anilines is 1. The molecule has 130 valence electrons. The molecule has 0 atom stereocenters. The maximum absolute atomic E-state index is 12.9. The summed E-state index contributed by atoms with van der Waals surface area (Å²) in [6, 6.07) is 10.5. The van der Waals surface area contributed by atoms with Crippen LogP contribution in [0.5, 0.6) is 0 Å². The fraction of sp³-hybridized carbons (Fsp3) is 0.167. The number of hydrogen-bond acceptors (Lipinski definition) is 4. The van der Waals surface area contributed by atoms with Crippen LogP contribution < -0.4 is 4.72 Å². The molecule has 0 fully saturated rings. The van der Waals surface area contributed by atoms with Crippen molar-refractivity contribution < 1.29 is 8.42 Å². The normalized spacial score (nSPS) is 11.5. The van der Waals surface area contributed by atoms with Crippen LogP contribution in [-0.2, 0) is 10.0 Å². The minimum Gasteiger partial charge on any atom is -0.279 e. The summed E-state index contributed by atoms with van der Waals surface area (Å²) in [6.07, 6.45) is 0. The first-order chi connectivity index (χ1) is 11.8. The Morgan fingerprint density at radius 1 is 1.04 bits per heavy atom. The lowest BCUT2D eigenvalue weighted by Gasteiger charge is -2.13. The van der Waals surface area contributed by atoms with Gasteiger partial charge < -0.3 is 0 Å². The van der Waals surface area contributed by atoms with E-state index in [1.165, 1.54) is 11.3 Å². The van der Waals surface area contributed by atoms with Crippen LogP contribution in [0.15, 0.2) is 46.7 Å². The van der Waals surface area contributed by atoms with E-state index < -0.39 is 10.0 Å². The number of aromatic nitrogens is 1. The predicted octanol–water partition coefficient (Wildman–Crippen LogP) is 5.19. The van der Waals surface area contributed by atoms with Gasteiger partial charge in [-0.25, -0.2) is 13.4 Å². The zero-order valence-corrected chi connectivity index (χ0v) is 16.4. The Morgan fingerprint density at radius 3 is 2.44 bits per heavy atom. The van der Waals surface area contributed by atoms with Crippen molar-refractivity contribution in [3.63, 3.8) is 0 Å². The molecule has 3 aromatic rings. The molecule has 1 N–H and O–H groups in total. The lowest BCUT2D eigenvalue weighted by atomic mass is 10.1. The Labute approximate surface area is 156 Å². The molecule has 3 rings (SSSR count). The van der Waals surface area contributed by atoms with Crippen molar-refractivity contribution in [3.8, 4) is 11.3 Å². The van der Waals surface area contributed by atoms with E-state index in [1.807, 2.05) is 25.3 Å². The largest absolute Gasteiger partial charge is 0.279 e. The summed E-state index contributed by atoms with van der Waals surface area (Å²) in [6.45, 7) is 5.52. The summed E-state index contributed by atoms with van der Waals surface area (Å²) < 4.78 is 28.4. The fourth-order valence-corrected chi connectivity index (χ4v) is 4.64. The molecule has 2 aromatic carbocycles. The standard InChI is InChI=1S/C18H17ClN2O2S2/c1-11-5-7-15(19)9-16(11)21-25(22,23)18-8-14(6-4-12(18)2)17-10-24-13(3)20-17/h4-10,21H,1-3H3. The highest BCUT2D eigenvalue weighted by Crippen LogP contribution is 2.29. The maximum Gasteiger partial charge on any atom is 0.262 e. The topological polar surface area (TPSA) is 59.1 Å². The molecule has 0 aliphatic carbocycles. The van der Waals surface area contributed by atoms with E-state index in [1.54, 1.807) is 37.3 Å². The zero-order chi connectivity index (χ0) is 18.2. The monoisotopic (exact) mass is 392 g/mol. The molecule has 4 nitrogen and oxygen atoms in total. The third-order valence-electron chi connectivity index (χ3n) is 3.84. The van der Waals surface area contributed by atoms with E-state index in [0.717, 1.165) is 21.8 Å². The molecule has 0 bridgehead atoms. The Bertz CT molecular complexity index is 1040. The molecule has 0 aliphatic heterocycles. The molecule has 25 heavy (non-hydrogen) atoms. The van der Waals surface area contributed by atoms with Crippen LogP contribution in [0.1, 0.15) is 16.1 Å². The Hall–Kier alpha value is -1.89. The molecule has 0 saturated heterocycles. The number of thiazole rings is 1. The zero-order valence-electron chi connectivity index (χ0n) is 14.0. The van der Waals surface area contributed by atoms with Crippen molar-refractivity contribution >= 4 is 38.6 Å². The number of benzene rings is 2. The lowest BCUT2D eigenvalue weighted by Crippen LogP contribution is -2.15. The maximum atomic E-state index is 12.9. The average molecular weight is 393 g/mol. The molecular formula is C18H17ClN2O2S2. The Kier molecular flexibility index (Phi) is 4.86. The van der Waals surface area contributed by atoms with Crippen LogP contribution in [0.2, 0.25) is 5.02 Å². The van der Waals surface area contributed by atoms with Crippen molar-refractivity contribution in [2.75, 3.05) is 4.72 Å². The van der Waals surface area contributed by atoms with Gasteiger partial charge in [0, 0.05) is 16.0 Å². The summed E-state index contributed by atoms with van der Waals surface area (Å²) in [7, 11) is -3.74. The number of aryl methyl sites for hydroxylation is 3. The quantitative estimate of drug-likeness (QED) is 0.664. The van der Waals surface area contributed by atoms with E-state index in [4.69, 9.17) is 11.6 Å². The van der Waals surface area contributed by atoms with Crippen molar-refractivity contribution in [3.05, 3.63) is 62.9 Å². The van der Waals surface area contributed by atoms with Crippen LogP contribution in [0.4, 0.5) is 5.69 Å². The van der Waals surface area contributed by atoms with E-state index in [-0.39, 0.29) is 4.90 Å². The number of rotatable bonds is 4. The van der Waals surface area contributed by atoms with Gasteiger partial charge in [-0.3, -0.25) is 4.72 Å². The fourth-order valence-electron chi connectivity index (χ4n) is 2.45. The summed E-state index contributed by atoms with van der Waals surface area (Å²) in [5.41, 5.74) is 3.50. The molecule has 0 spiro atoms. The minimum absolute atomic E-state index is 0.232. The summed E-state index contributed by atoms with van der Waals surface area (Å²) in [5, 5.41) is 3.34. The molecule has 0 unspecified atom stereocenters.